The minimum absolute atomic E-state index is 0.00998. The first-order valence-electron chi connectivity index (χ1n) is 12.7. The first kappa shape index (κ1) is 23.3. The zero-order valence-electron chi connectivity index (χ0n) is 20.4. The Kier molecular flexibility index (Phi) is 6.45. The molecule has 0 radical (unpaired) electrons. The fourth-order valence-corrected chi connectivity index (χ4v) is 4.88. The number of aryl methyl sites for hydroxylation is 1. The summed E-state index contributed by atoms with van der Waals surface area (Å²) in [5.74, 6) is -0.270. The molecule has 1 aromatic carbocycles. The van der Waals surface area contributed by atoms with Crippen LogP contribution in [-0.2, 0) is 0 Å². The van der Waals surface area contributed by atoms with E-state index in [1.807, 2.05) is 36.6 Å². The van der Waals surface area contributed by atoms with Crippen molar-refractivity contribution in [1.82, 2.24) is 25.2 Å². The van der Waals surface area contributed by atoms with Crippen molar-refractivity contribution < 1.29 is 9.59 Å². The van der Waals surface area contributed by atoms with Crippen LogP contribution >= 0.6 is 0 Å². The predicted molar refractivity (Wildman–Crippen MR) is 135 cm³/mol. The number of aromatic nitrogens is 3. The Morgan fingerprint density at radius 3 is 2.40 bits per heavy atom. The van der Waals surface area contributed by atoms with Gasteiger partial charge in [-0.05, 0) is 57.2 Å². The van der Waals surface area contributed by atoms with Gasteiger partial charge in [0.1, 0.15) is 17.0 Å². The molecule has 2 fully saturated rings. The molecule has 2 aliphatic rings. The largest absolute Gasteiger partial charge is 0.349 e. The topological polar surface area (TPSA) is 109 Å². The molecule has 2 aromatic heterocycles. The molecule has 2 heterocycles. The van der Waals surface area contributed by atoms with E-state index in [-0.39, 0.29) is 29.1 Å². The molecular weight excluding hydrogens is 442 g/mol. The standard InChI is InChI=1S/C27H33N5O3/c1-16-9-12-22-23(13-16)31-25(30-22)17(2)28-26(34)20-14-32(19-10-11-19)15-21(24(20)33)27(35)29-18-7-5-3-4-6-8-18/h9,12-15,17-19H,3-8,10-11H2,1-2H3,(H,28,34)(H,29,35)(H,30,31)/t17-/m0/s1. The molecule has 184 valence electrons. The number of rotatable bonds is 6. The van der Waals surface area contributed by atoms with Gasteiger partial charge in [-0.3, -0.25) is 14.4 Å². The summed E-state index contributed by atoms with van der Waals surface area (Å²) in [5.41, 5.74) is 2.33. The maximum Gasteiger partial charge on any atom is 0.257 e. The number of carbonyl (C=O) groups excluding carboxylic acids is 2. The van der Waals surface area contributed by atoms with Gasteiger partial charge in [-0.25, -0.2) is 4.98 Å². The molecule has 0 aliphatic heterocycles. The van der Waals surface area contributed by atoms with Crippen molar-refractivity contribution >= 4 is 22.8 Å². The van der Waals surface area contributed by atoms with Crippen molar-refractivity contribution in [2.45, 2.75) is 83.3 Å². The van der Waals surface area contributed by atoms with Crippen molar-refractivity contribution in [3.8, 4) is 0 Å². The molecule has 0 unspecified atom stereocenters. The quantitative estimate of drug-likeness (QED) is 0.462. The van der Waals surface area contributed by atoms with E-state index in [0.29, 0.717) is 5.82 Å². The van der Waals surface area contributed by atoms with Crippen LogP contribution in [0.4, 0.5) is 0 Å². The fourth-order valence-electron chi connectivity index (χ4n) is 4.88. The number of aromatic amines is 1. The number of pyridine rings is 1. The Morgan fingerprint density at radius 2 is 1.71 bits per heavy atom. The van der Waals surface area contributed by atoms with Crippen LogP contribution in [0.25, 0.3) is 11.0 Å². The van der Waals surface area contributed by atoms with Gasteiger partial charge in [0, 0.05) is 24.5 Å². The molecule has 8 heteroatoms. The molecule has 2 saturated carbocycles. The second-order valence-electron chi connectivity index (χ2n) is 10.1. The number of imidazole rings is 1. The summed E-state index contributed by atoms with van der Waals surface area (Å²) in [6.45, 7) is 3.83. The van der Waals surface area contributed by atoms with Gasteiger partial charge in [-0.1, -0.05) is 31.7 Å². The molecular formula is C27H33N5O3. The Labute approximate surface area is 204 Å². The molecule has 0 spiro atoms. The second-order valence-corrected chi connectivity index (χ2v) is 10.1. The lowest BCUT2D eigenvalue weighted by molar-refractivity contribution is 0.0931. The minimum atomic E-state index is -0.530. The molecule has 3 N–H and O–H groups in total. The minimum Gasteiger partial charge on any atom is -0.349 e. The average molecular weight is 476 g/mol. The molecule has 0 bridgehead atoms. The van der Waals surface area contributed by atoms with E-state index in [1.54, 1.807) is 12.4 Å². The van der Waals surface area contributed by atoms with Gasteiger partial charge in [0.15, 0.2) is 0 Å². The third-order valence-corrected chi connectivity index (χ3v) is 7.11. The zero-order chi connectivity index (χ0) is 24.5. The number of benzene rings is 1. The summed E-state index contributed by atoms with van der Waals surface area (Å²) >= 11 is 0. The van der Waals surface area contributed by atoms with Crippen molar-refractivity contribution in [3.05, 3.63) is 63.3 Å². The lowest BCUT2D eigenvalue weighted by Gasteiger charge is -2.18. The monoisotopic (exact) mass is 475 g/mol. The van der Waals surface area contributed by atoms with Crippen LogP contribution in [-0.4, -0.2) is 32.4 Å². The molecule has 0 saturated heterocycles. The van der Waals surface area contributed by atoms with Crippen molar-refractivity contribution in [2.75, 3.05) is 0 Å². The number of H-pyrrole nitrogens is 1. The number of nitrogens with zero attached hydrogens (tertiary/aromatic N) is 2. The van der Waals surface area contributed by atoms with Gasteiger partial charge in [0.05, 0.1) is 17.1 Å². The Bertz CT molecular complexity index is 1310. The second kappa shape index (κ2) is 9.68. The van der Waals surface area contributed by atoms with Gasteiger partial charge < -0.3 is 20.2 Å². The highest BCUT2D eigenvalue weighted by Gasteiger charge is 2.28. The molecule has 35 heavy (non-hydrogen) atoms. The first-order chi connectivity index (χ1) is 16.9. The van der Waals surface area contributed by atoms with Crippen LogP contribution in [0.3, 0.4) is 0 Å². The Hall–Kier alpha value is -3.42. The lowest BCUT2D eigenvalue weighted by Crippen LogP contribution is -2.39. The van der Waals surface area contributed by atoms with E-state index >= 15 is 0 Å². The van der Waals surface area contributed by atoms with Gasteiger partial charge in [0.2, 0.25) is 5.43 Å². The highest BCUT2D eigenvalue weighted by Crippen LogP contribution is 2.34. The fraction of sp³-hybridized carbons (Fsp3) is 0.481. The first-order valence-corrected chi connectivity index (χ1v) is 12.7. The third-order valence-electron chi connectivity index (χ3n) is 7.11. The van der Waals surface area contributed by atoms with Crippen LogP contribution < -0.4 is 16.1 Å². The third kappa shape index (κ3) is 5.16. The number of hydrogen-bond donors (Lipinski definition) is 3. The van der Waals surface area contributed by atoms with E-state index in [9.17, 15) is 14.4 Å². The highest BCUT2D eigenvalue weighted by molar-refractivity contribution is 5.99. The number of amides is 2. The molecule has 5 rings (SSSR count). The van der Waals surface area contributed by atoms with Gasteiger partial charge in [-0.15, -0.1) is 0 Å². The summed E-state index contributed by atoms with van der Waals surface area (Å²) in [7, 11) is 0. The predicted octanol–water partition coefficient (Wildman–Crippen LogP) is 4.31. The number of carbonyl (C=O) groups is 2. The van der Waals surface area contributed by atoms with Gasteiger partial charge in [-0.2, -0.15) is 0 Å². The average Bonchev–Trinajstić information content (AvgIpc) is 3.63. The normalized spacial score (nSPS) is 17.7. The van der Waals surface area contributed by atoms with E-state index in [2.05, 4.69) is 20.6 Å². The van der Waals surface area contributed by atoms with Gasteiger partial charge >= 0.3 is 0 Å². The van der Waals surface area contributed by atoms with Crippen LogP contribution in [0.5, 0.6) is 0 Å². The summed E-state index contributed by atoms with van der Waals surface area (Å²) in [6, 6.07) is 5.79. The smallest absolute Gasteiger partial charge is 0.257 e. The maximum absolute atomic E-state index is 13.3. The maximum atomic E-state index is 13.3. The molecule has 2 aliphatic carbocycles. The highest BCUT2D eigenvalue weighted by atomic mass is 16.2. The SMILES string of the molecule is Cc1ccc2nc([C@H](C)NC(=O)c3cn(C4CC4)cc(C(=O)NC4CCCCCC4)c3=O)[nH]c2c1. The number of nitrogens with one attached hydrogen (secondary N) is 3. The lowest BCUT2D eigenvalue weighted by atomic mass is 10.1. The van der Waals surface area contributed by atoms with Crippen LogP contribution in [0, 0.1) is 6.92 Å². The zero-order valence-corrected chi connectivity index (χ0v) is 20.4. The van der Waals surface area contributed by atoms with Crippen molar-refractivity contribution in [1.29, 1.82) is 0 Å². The van der Waals surface area contributed by atoms with Crippen molar-refractivity contribution in [2.24, 2.45) is 0 Å². The summed E-state index contributed by atoms with van der Waals surface area (Å²) < 4.78 is 1.85. The van der Waals surface area contributed by atoms with Gasteiger partial charge in [0.25, 0.3) is 11.8 Å². The van der Waals surface area contributed by atoms with Crippen LogP contribution in [0.15, 0.2) is 35.4 Å². The summed E-state index contributed by atoms with van der Waals surface area (Å²) in [5, 5.41) is 5.95. The summed E-state index contributed by atoms with van der Waals surface area (Å²) in [4.78, 5) is 47.5. The van der Waals surface area contributed by atoms with Crippen LogP contribution in [0.2, 0.25) is 0 Å². The molecule has 2 amide bonds. The van der Waals surface area contributed by atoms with E-state index in [1.165, 1.54) is 12.8 Å². The number of fused-ring (bicyclic) bond motifs is 1. The van der Waals surface area contributed by atoms with Crippen LogP contribution in [0.1, 0.15) is 102 Å². The van der Waals surface area contributed by atoms with Crippen molar-refractivity contribution in [3.63, 3.8) is 0 Å². The Morgan fingerprint density at radius 1 is 1.03 bits per heavy atom. The van der Waals surface area contributed by atoms with E-state index in [0.717, 1.165) is 55.1 Å². The molecule has 1 atom stereocenters. The number of hydrogen-bond acceptors (Lipinski definition) is 4. The summed E-state index contributed by atoms with van der Waals surface area (Å²) in [6.07, 6.45) is 11.5. The van der Waals surface area contributed by atoms with E-state index in [4.69, 9.17) is 0 Å². The Balaban J connectivity index is 1.38. The van der Waals surface area contributed by atoms with E-state index < -0.39 is 17.4 Å². The molecule has 8 nitrogen and oxygen atoms in total. The molecule has 3 aromatic rings.